The van der Waals surface area contributed by atoms with Crippen LogP contribution < -0.4 is 4.72 Å². The highest BCUT2D eigenvalue weighted by atomic mass is 32.2. The van der Waals surface area contributed by atoms with Crippen molar-refractivity contribution in [3.05, 3.63) is 59.4 Å². The summed E-state index contributed by atoms with van der Waals surface area (Å²) in [6.45, 7) is 0. The van der Waals surface area contributed by atoms with Crippen LogP contribution in [0.2, 0.25) is 0 Å². The van der Waals surface area contributed by atoms with Gasteiger partial charge in [-0.2, -0.15) is 0 Å². The minimum atomic E-state index is -3.63. The lowest BCUT2D eigenvalue weighted by Gasteiger charge is -2.58. The van der Waals surface area contributed by atoms with Gasteiger partial charge in [-0.25, -0.2) is 30.7 Å². The van der Waals surface area contributed by atoms with E-state index in [1.165, 1.54) is 12.1 Å². The summed E-state index contributed by atoms with van der Waals surface area (Å²) in [4.78, 5) is 14.7. The predicted molar refractivity (Wildman–Crippen MR) is 117 cm³/mol. The number of fused-ring (bicyclic) bond motifs is 2. The van der Waals surface area contributed by atoms with Crippen molar-refractivity contribution < 1.29 is 30.8 Å². The highest BCUT2D eigenvalue weighted by molar-refractivity contribution is 7.88. The fourth-order valence-electron chi connectivity index (χ4n) is 5.40. The van der Waals surface area contributed by atoms with Gasteiger partial charge in [0, 0.05) is 23.7 Å². The topological polar surface area (TPSA) is 66.5 Å². The van der Waals surface area contributed by atoms with Gasteiger partial charge in [0.25, 0.3) is 0 Å². The number of rotatable bonds is 6. The summed E-state index contributed by atoms with van der Waals surface area (Å²) in [5.74, 6) is -3.52. The number of carbonyl (C=O) groups is 1. The zero-order chi connectivity index (χ0) is 24.4. The maximum atomic E-state index is 15.6. The molecule has 2 aliphatic heterocycles. The summed E-state index contributed by atoms with van der Waals surface area (Å²) in [7, 11) is -3.63. The number of sulfonamides is 1. The van der Waals surface area contributed by atoms with E-state index in [4.69, 9.17) is 0 Å². The number of alkyl halides is 1. The molecule has 34 heavy (non-hydrogen) atoms. The molecule has 2 saturated heterocycles. The second kappa shape index (κ2) is 8.34. The summed E-state index contributed by atoms with van der Waals surface area (Å²) < 4.78 is 83.5. The average Bonchev–Trinajstić information content (AvgIpc) is 3.43. The van der Waals surface area contributed by atoms with E-state index in [9.17, 15) is 26.4 Å². The first-order valence-corrected chi connectivity index (χ1v) is 13.1. The van der Waals surface area contributed by atoms with Gasteiger partial charge in [0.15, 0.2) is 0 Å². The minimum Gasteiger partial charge on any atom is -0.334 e. The number of amides is 1. The van der Waals surface area contributed by atoms with Crippen molar-refractivity contribution in [2.24, 2.45) is 11.8 Å². The molecule has 4 aliphatic rings. The number of hydrogen-bond donors (Lipinski definition) is 1. The van der Waals surface area contributed by atoms with Crippen LogP contribution in [0.3, 0.4) is 0 Å². The Kier molecular flexibility index (Phi) is 5.71. The molecule has 2 bridgehead atoms. The molecule has 2 aromatic carbocycles. The molecule has 0 unspecified atom stereocenters. The van der Waals surface area contributed by atoms with E-state index < -0.39 is 51.6 Å². The second-order valence-electron chi connectivity index (χ2n) is 9.61. The molecule has 4 atom stereocenters. The fourth-order valence-corrected chi connectivity index (χ4v) is 6.25. The zero-order valence-electron chi connectivity index (χ0n) is 18.3. The van der Waals surface area contributed by atoms with Crippen LogP contribution in [0.25, 0.3) is 11.1 Å². The molecule has 0 radical (unpaired) electrons. The predicted octanol–water partition coefficient (Wildman–Crippen LogP) is 3.58. The molecule has 182 valence electrons. The number of benzene rings is 2. The number of halogens is 4. The molecule has 2 aromatic rings. The van der Waals surface area contributed by atoms with Crippen molar-refractivity contribution in [3.63, 3.8) is 0 Å². The Labute approximate surface area is 195 Å². The summed E-state index contributed by atoms with van der Waals surface area (Å²) in [5, 5.41) is 0. The smallest absolute Gasteiger partial charge is 0.229 e. The van der Waals surface area contributed by atoms with Crippen LogP contribution in [0.5, 0.6) is 0 Å². The quantitative estimate of drug-likeness (QED) is 0.622. The molecule has 2 saturated carbocycles. The van der Waals surface area contributed by atoms with Crippen LogP contribution in [-0.2, 0) is 21.2 Å². The lowest BCUT2D eigenvalue weighted by molar-refractivity contribution is -0.151. The molecule has 2 heterocycles. The number of nitrogens with one attached hydrogen (secondary N) is 1. The summed E-state index contributed by atoms with van der Waals surface area (Å²) in [6, 6.07) is 5.71. The first-order valence-electron chi connectivity index (χ1n) is 11.2. The summed E-state index contributed by atoms with van der Waals surface area (Å²) in [5.41, 5.74) is 0.202. The van der Waals surface area contributed by atoms with Crippen LogP contribution in [0, 0.1) is 29.3 Å². The first-order chi connectivity index (χ1) is 16.0. The van der Waals surface area contributed by atoms with Crippen molar-refractivity contribution in [1.29, 1.82) is 0 Å². The van der Waals surface area contributed by atoms with Crippen molar-refractivity contribution >= 4 is 15.9 Å². The van der Waals surface area contributed by atoms with Gasteiger partial charge >= 0.3 is 0 Å². The van der Waals surface area contributed by atoms with E-state index in [0.717, 1.165) is 18.4 Å². The zero-order valence-corrected chi connectivity index (χ0v) is 19.2. The van der Waals surface area contributed by atoms with Crippen molar-refractivity contribution in [2.45, 2.75) is 50.0 Å². The third-order valence-electron chi connectivity index (χ3n) is 7.14. The van der Waals surface area contributed by atoms with E-state index in [2.05, 4.69) is 4.72 Å². The molecule has 2 aliphatic carbocycles. The van der Waals surface area contributed by atoms with Gasteiger partial charge in [0.1, 0.15) is 23.6 Å². The van der Waals surface area contributed by atoms with Gasteiger partial charge in [-0.05, 0) is 54.9 Å². The SMILES string of the molecule is CS(=O)(=O)N[C@H]1C2CC(C2)N(C(=O)[C@@H]2C[C@H]2F)[C@H]1Cc1cccc(-c2cc(F)cc(F)c2)c1F. The summed E-state index contributed by atoms with van der Waals surface area (Å²) >= 11 is 0. The lowest BCUT2D eigenvalue weighted by atomic mass is 9.66. The number of piperidine rings is 2. The minimum absolute atomic E-state index is 0.00613. The van der Waals surface area contributed by atoms with Gasteiger partial charge in [0.2, 0.25) is 15.9 Å². The van der Waals surface area contributed by atoms with Crippen molar-refractivity contribution in [1.82, 2.24) is 9.62 Å². The van der Waals surface area contributed by atoms with Crippen molar-refractivity contribution in [2.75, 3.05) is 6.26 Å². The maximum Gasteiger partial charge on any atom is 0.229 e. The lowest BCUT2D eigenvalue weighted by Crippen LogP contribution is -2.70. The number of carbonyl (C=O) groups excluding carboxylic acids is 1. The van der Waals surface area contributed by atoms with E-state index in [1.807, 2.05) is 0 Å². The number of hydrogen-bond acceptors (Lipinski definition) is 3. The van der Waals surface area contributed by atoms with Crippen LogP contribution >= 0.6 is 0 Å². The average molecular weight is 497 g/mol. The Morgan fingerprint density at radius 3 is 2.32 bits per heavy atom. The van der Waals surface area contributed by atoms with E-state index in [1.54, 1.807) is 11.0 Å². The molecule has 5 nitrogen and oxygen atoms in total. The van der Waals surface area contributed by atoms with Crippen LogP contribution in [-0.4, -0.2) is 49.8 Å². The van der Waals surface area contributed by atoms with Gasteiger partial charge in [0.05, 0.1) is 18.2 Å². The maximum absolute atomic E-state index is 15.6. The standard InChI is InChI=1S/C24H24F4N2O3S/c1-34(32,33)29-23-14-7-17(8-14)30(24(31)19-11-20(19)27)21(23)9-12-3-2-4-18(22(12)28)13-5-15(25)10-16(26)6-13/h2-6,10,14,17,19-21,23,29H,7-9,11H2,1H3/t14?,17?,19-,20-,21+,23+/m1/s1. The summed E-state index contributed by atoms with van der Waals surface area (Å²) in [6.07, 6.45) is 1.13. The molecular weight excluding hydrogens is 472 g/mol. The largest absolute Gasteiger partial charge is 0.334 e. The molecular formula is C24H24F4N2O3S. The van der Waals surface area contributed by atoms with Crippen LogP contribution in [0.15, 0.2) is 36.4 Å². The Balaban J connectivity index is 1.51. The van der Waals surface area contributed by atoms with E-state index in [0.29, 0.717) is 18.9 Å². The van der Waals surface area contributed by atoms with Crippen LogP contribution in [0.4, 0.5) is 17.6 Å². The van der Waals surface area contributed by atoms with Crippen molar-refractivity contribution in [3.8, 4) is 11.1 Å². The monoisotopic (exact) mass is 496 g/mol. The fraction of sp³-hybridized carbons (Fsp3) is 0.458. The Morgan fingerprint density at radius 1 is 1.09 bits per heavy atom. The number of nitrogens with zero attached hydrogens (tertiary/aromatic N) is 1. The van der Waals surface area contributed by atoms with Crippen LogP contribution in [0.1, 0.15) is 24.8 Å². The van der Waals surface area contributed by atoms with E-state index in [-0.39, 0.29) is 47.4 Å². The molecule has 10 heteroatoms. The normalized spacial score (nSPS) is 30.1. The van der Waals surface area contributed by atoms with E-state index >= 15 is 4.39 Å². The van der Waals surface area contributed by atoms with Gasteiger partial charge in [-0.1, -0.05) is 18.2 Å². The molecule has 1 amide bonds. The molecule has 0 spiro atoms. The molecule has 4 fully saturated rings. The van der Waals surface area contributed by atoms with Gasteiger partial charge in [-0.15, -0.1) is 0 Å². The second-order valence-corrected chi connectivity index (χ2v) is 11.4. The first kappa shape index (κ1) is 23.3. The highest BCUT2D eigenvalue weighted by Gasteiger charge is 2.57. The third-order valence-corrected chi connectivity index (χ3v) is 7.84. The molecule has 6 rings (SSSR count). The highest BCUT2D eigenvalue weighted by Crippen LogP contribution is 2.47. The molecule has 1 N–H and O–H groups in total. The third kappa shape index (κ3) is 4.33. The Bertz CT molecular complexity index is 1230. The molecule has 0 aromatic heterocycles. The Hall–Kier alpha value is -2.46. The van der Waals surface area contributed by atoms with Gasteiger partial charge in [-0.3, -0.25) is 4.79 Å². The van der Waals surface area contributed by atoms with Gasteiger partial charge < -0.3 is 4.90 Å². The Morgan fingerprint density at radius 2 is 1.74 bits per heavy atom.